The summed E-state index contributed by atoms with van der Waals surface area (Å²) in [6.45, 7) is 10.9. The zero-order valence-electron chi connectivity index (χ0n) is 15.5. The van der Waals surface area contributed by atoms with E-state index < -0.39 is 10.0 Å². The minimum atomic E-state index is -3.63. The second-order valence-electron chi connectivity index (χ2n) is 9.41. The number of amidine groups is 1. The lowest BCUT2D eigenvalue weighted by molar-refractivity contribution is -0.0842. The van der Waals surface area contributed by atoms with Crippen molar-refractivity contribution < 1.29 is 8.42 Å². The van der Waals surface area contributed by atoms with Crippen LogP contribution in [-0.4, -0.2) is 32.2 Å². The summed E-state index contributed by atoms with van der Waals surface area (Å²) in [5.41, 5.74) is 1.61. The van der Waals surface area contributed by atoms with E-state index in [1.807, 2.05) is 6.92 Å². The smallest absolute Gasteiger partial charge is 0.276 e. The molecule has 0 radical (unpaired) electrons. The largest absolute Gasteiger partial charge is 0.357 e. The molecule has 3 aliphatic heterocycles. The number of hydrogen-bond acceptors (Lipinski definition) is 3. The molecule has 1 aliphatic carbocycles. The Morgan fingerprint density at radius 3 is 2.08 bits per heavy atom. The minimum Gasteiger partial charge on any atom is -0.357 e. The summed E-state index contributed by atoms with van der Waals surface area (Å²) in [4.78, 5) is 5.06. The maximum absolute atomic E-state index is 12.6. The molecule has 1 unspecified atom stereocenters. The zero-order valence-corrected chi connectivity index (χ0v) is 16.3. The van der Waals surface area contributed by atoms with Crippen LogP contribution in [0.15, 0.2) is 34.3 Å². The first kappa shape index (κ1) is 16.9. The molecular weight excluding hydrogens is 334 g/mol. The minimum absolute atomic E-state index is 0.0476. The topological polar surface area (TPSA) is 61.8 Å². The SMILES string of the molecule is Cc1ccc(S(=O)(=O)N/N=C2/N3C[C@@]4(C)CC2(C)C[C@@](C)(C3)C4)cc1. The van der Waals surface area contributed by atoms with Crippen molar-refractivity contribution in [1.82, 2.24) is 9.73 Å². The van der Waals surface area contributed by atoms with E-state index in [-0.39, 0.29) is 10.3 Å². The van der Waals surface area contributed by atoms with Gasteiger partial charge in [-0.3, -0.25) is 0 Å². The summed E-state index contributed by atoms with van der Waals surface area (Å²) in [5.74, 6) is 0.915. The van der Waals surface area contributed by atoms with E-state index in [0.717, 1.165) is 37.3 Å². The van der Waals surface area contributed by atoms with Crippen LogP contribution < -0.4 is 4.83 Å². The van der Waals surface area contributed by atoms with E-state index >= 15 is 0 Å². The molecule has 3 saturated heterocycles. The van der Waals surface area contributed by atoms with Crippen LogP contribution in [0.5, 0.6) is 0 Å². The predicted octanol–water partition coefficient (Wildman–Crippen LogP) is 3.12. The van der Waals surface area contributed by atoms with Crippen molar-refractivity contribution in [1.29, 1.82) is 0 Å². The Morgan fingerprint density at radius 1 is 1.00 bits per heavy atom. The van der Waals surface area contributed by atoms with E-state index in [1.54, 1.807) is 24.3 Å². The molecular formula is C19H27N3O2S. The molecule has 0 spiro atoms. The van der Waals surface area contributed by atoms with Crippen molar-refractivity contribution in [2.45, 2.75) is 51.9 Å². The quantitative estimate of drug-likeness (QED) is 0.842. The second kappa shape index (κ2) is 5.00. The van der Waals surface area contributed by atoms with Gasteiger partial charge in [0.25, 0.3) is 10.0 Å². The standard InChI is InChI=1S/C19H27N3O2S/c1-14-5-7-15(8-6-14)25(23,24)21-20-16-19(4)10-17(2)9-18(3,11-19)13-22(16)12-17/h5-8,21H,9-13H2,1-4H3/b20-16+/t17-,18+,19?. The highest BCUT2D eigenvalue weighted by molar-refractivity contribution is 7.89. The third kappa shape index (κ3) is 2.75. The van der Waals surface area contributed by atoms with E-state index in [4.69, 9.17) is 0 Å². The van der Waals surface area contributed by atoms with Gasteiger partial charge in [0.05, 0.1) is 4.90 Å². The fraction of sp³-hybridized carbons (Fsp3) is 0.632. The summed E-state index contributed by atoms with van der Waals surface area (Å²) in [5, 5.41) is 4.43. The van der Waals surface area contributed by atoms with Crippen molar-refractivity contribution in [3.63, 3.8) is 0 Å². The normalized spacial score (nSPS) is 38.4. The van der Waals surface area contributed by atoms with Gasteiger partial charge < -0.3 is 4.90 Å². The third-order valence-electron chi connectivity index (χ3n) is 6.07. The monoisotopic (exact) mass is 361 g/mol. The van der Waals surface area contributed by atoms with Crippen molar-refractivity contribution >= 4 is 15.9 Å². The Labute approximate surface area is 150 Å². The van der Waals surface area contributed by atoms with Crippen LogP contribution in [0.25, 0.3) is 0 Å². The Bertz CT molecular complexity index is 826. The third-order valence-corrected chi connectivity index (χ3v) is 7.30. The van der Waals surface area contributed by atoms with Gasteiger partial charge >= 0.3 is 0 Å². The molecule has 4 fully saturated rings. The van der Waals surface area contributed by atoms with Gasteiger partial charge in [-0.25, -0.2) is 0 Å². The Kier molecular flexibility index (Phi) is 3.37. The average Bonchev–Trinajstić information content (AvgIpc) is 2.43. The molecule has 5 rings (SSSR count). The molecule has 4 bridgehead atoms. The maximum atomic E-state index is 12.6. The molecule has 1 aromatic rings. The number of sulfonamides is 1. The van der Waals surface area contributed by atoms with Gasteiger partial charge in [-0.05, 0) is 49.1 Å². The Balaban J connectivity index is 1.63. The molecule has 3 heterocycles. The number of nitrogens with zero attached hydrogens (tertiary/aromatic N) is 2. The molecule has 1 N–H and O–H groups in total. The van der Waals surface area contributed by atoms with Crippen molar-refractivity contribution in [3.8, 4) is 0 Å². The van der Waals surface area contributed by atoms with Gasteiger partial charge in [-0.2, -0.15) is 18.4 Å². The Morgan fingerprint density at radius 2 is 1.56 bits per heavy atom. The van der Waals surface area contributed by atoms with Crippen molar-refractivity contribution in [2.24, 2.45) is 21.3 Å². The van der Waals surface area contributed by atoms with Gasteiger partial charge in [0, 0.05) is 18.5 Å². The zero-order chi connectivity index (χ0) is 18.1. The lowest BCUT2D eigenvalue weighted by atomic mass is 9.49. The Hall–Kier alpha value is -1.56. The molecule has 6 heteroatoms. The molecule has 1 aromatic carbocycles. The predicted molar refractivity (Wildman–Crippen MR) is 98.7 cm³/mol. The lowest BCUT2D eigenvalue weighted by Gasteiger charge is -2.66. The van der Waals surface area contributed by atoms with Gasteiger partial charge in [0.2, 0.25) is 0 Å². The van der Waals surface area contributed by atoms with Crippen LogP contribution in [0.2, 0.25) is 0 Å². The molecule has 0 aromatic heterocycles. The van der Waals surface area contributed by atoms with Gasteiger partial charge in [0.1, 0.15) is 5.84 Å². The number of nitrogens with one attached hydrogen (secondary N) is 1. The van der Waals surface area contributed by atoms with Crippen LogP contribution in [-0.2, 0) is 10.0 Å². The number of hydrazone groups is 1. The molecule has 4 aliphatic rings. The fourth-order valence-electron chi connectivity index (χ4n) is 6.07. The van der Waals surface area contributed by atoms with Crippen LogP contribution in [0, 0.1) is 23.2 Å². The van der Waals surface area contributed by atoms with E-state index in [0.29, 0.717) is 10.8 Å². The van der Waals surface area contributed by atoms with Crippen LogP contribution in [0.3, 0.4) is 0 Å². The molecule has 1 saturated carbocycles. The summed E-state index contributed by atoms with van der Waals surface area (Å²) in [7, 11) is -3.63. The highest BCUT2D eigenvalue weighted by Gasteiger charge is 2.61. The van der Waals surface area contributed by atoms with Gasteiger partial charge in [-0.1, -0.05) is 38.5 Å². The first-order valence-electron chi connectivity index (χ1n) is 8.94. The number of hydrogen-bond donors (Lipinski definition) is 1. The lowest BCUT2D eigenvalue weighted by Crippen LogP contribution is -2.68. The van der Waals surface area contributed by atoms with E-state index in [2.05, 4.69) is 35.6 Å². The van der Waals surface area contributed by atoms with Crippen molar-refractivity contribution in [2.75, 3.05) is 13.1 Å². The molecule has 5 nitrogen and oxygen atoms in total. The molecule has 0 amide bonds. The van der Waals surface area contributed by atoms with E-state index in [9.17, 15) is 8.42 Å². The summed E-state index contributed by atoms with van der Waals surface area (Å²) in [6, 6.07) is 6.85. The molecule has 25 heavy (non-hydrogen) atoms. The van der Waals surface area contributed by atoms with Crippen LogP contribution in [0.1, 0.15) is 45.6 Å². The highest BCUT2D eigenvalue weighted by atomic mass is 32.2. The highest BCUT2D eigenvalue weighted by Crippen LogP contribution is 2.62. The van der Waals surface area contributed by atoms with E-state index in [1.165, 1.54) is 6.42 Å². The average molecular weight is 362 g/mol. The van der Waals surface area contributed by atoms with Crippen molar-refractivity contribution in [3.05, 3.63) is 29.8 Å². The van der Waals surface area contributed by atoms with Gasteiger partial charge in [-0.15, -0.1) is 0 Å². The first-order chi connectivity index (χ1) is 11.5. The van der Waals surface area contributed by atoms with Crippen LogP contribution in [0.4, 0.5) is 0 Å². The number of piperidine rings is 3. The summed E-state index contributed by atoms with van der Waals surface area (Å²) >= 11 is 0. The van der Waals surface area contributed by atoms with Gasteiger partial charge in [0.15, 0.2) is 0 Å². The number of benzene rings is 1. The second-order valence-corrected chi connectivity index (χ2v) is 11.1. The molecule has 3 atom stereocenters. The molecule has 136 valence electrons. The summed E-state index contributed by atoms with van der Waals surface area (Å²) < 4.78 is 25.1. The number of rotatable bonds is 3. The first-order valence-corrected chi connectivity index (χ1v) is 10.4. The summed E-state index contributed by atoms with van der Waals surface area (Å²) in [6.07, 6.45) is 3.42. The number of aryl methyl sites for hydroxylation is 1. The fourth-order valence-corrected chi connectivity index (χ4v) is 6.88. The maximum Gasteiger partial charge on any atom is 0.276 e. The van der Waals surface area contributed by atoms with Crippen LogP contribution >= 0.6 is 0 Å².